The van der Waals surface area contributed by atoms with Gasteiger partial charge in [0.05, 0.1) is 0 Å². The molecular weight excluding hydrogens is 134 g/mol. The molecule has 0 amide bonds. The lowest BCUT2D eigenvalue weighted by atomic mass is 10.1. The monoisotopic (exact) mass is 149 g/mol. The first-order valence-corrected chi connectivity index (χ1v) is 4.03. The van der Waals surface area contributed by atoms with Crippen LogP contribution in [0.4, 0.5) is 0 Å². The molecule has 0 fully saturated rings. The van der Waals surface area contributed by atoms with Gasteiger partial charge in [0, 0.05) is 6.04 Å². The third kappa shape index (κ3) is 1.60. The van der Waals surface area contributed by atoms with Gasteiger partial charge in [-0.1, -0.05) is 24.8 Å². The molecule has 0 aliphatic heterocycles. The highest BCUT2D eigenvalue weighted by molar-refractivity contribution is 5.39. The molecule has 11 heavy (non-hydrogen) atoms. The standard InChI is InChI=1S/C10H15N/c1-3-5-8-6-7-10(11)9(8)4-2/h3-5,10H,2,6-7,11H2,1H3/b5-3-. The van der Waals surface area contributed by atoms with Gasteiger partial charge in [-0.3, -0.25) is 0 Å². The Morgan fingerprint density at radius 2 is 2.36 bits per heavy atom. The summed E-state index contributed by atoms with van der Waals surface area (Å²) in [5.74, 6) is 0. The second-order valence-corrected chi connectivity index (χ2v) is 2.83. The van der Waals surface area contributed by atoms with Gasteiger partial charge in [-0.15, -0.1) is 0 Å². The van der Waals surface area contributed by atoms with Crippen molar-refractivity contribution in [2.75, 3.05) is 0 Å². The van der Waals surface area contributed by atoms with Crippen molar-refractivity contribution in [3.05, 3.63) is 36.0 Å². The van der Waals surface area contributed by atoms with Crippen LogP contribution in [0.3, 0.4) is 0 Å². The van der Waals surface area contributed by atoms with E-state index in [1.807, 2.05) is 13.0 Å². The van der Waals surface area contributed by atoms with Crippen LogP contribution in [0.5, 0.6) is 0 Å². The van der Waals surface area contributed by atoms with E-state index in [2.05, 4.69) is 18.7 Å². The number of allylic oxidation sites excluding steroid dienone is 3. The second kappa shape index (κ2) is 3.54. The van der Waals surface area contributed by atoms with E-state index in [-0.39, 0.29) is 6.04 Å². The summed E-state index contributed by atoms with van der Waals surface area (Å²) in [4.78, 5) is 0. The summed E-state index contributed by atoms with van der Waals surface area (Å²) < 4.78 is 0. The van der Waals surface area contributed by atoms with Gasteiger partial charge < -0.3 is 5.73 Å². The Morgan fingerprint density at radius 1 is 1.64 bits per heavy atom. The zero-order valence-corrected chi connectivity index (χ0v) is 7.01. The summed E-state index contributed by atoms with van der Waals surface area (Å²) in [5.41, 5.74) is 8.43. The van der Waals surface area contributed by atoms with Gasteiger partial charge in [0.1, 0.15) is 0 Å². The highest BCUT2D eigenvalue weighted by atomic mass is 14.6. The molecule has 1 heteroatoms. The summed E-state index contributed by atoms with van der Waals surface area (Å²) in [6, 6.07) is 0.221. The van der Waals surface area contributed by atoms with Gasteiger partial charge in [0.2, 0.25) is 0 Å². The van der Waals surface area contributed by atoms with E-state index in [0.717, 1.165) is 12.8 Å². The zero-order chi connectivity index (χ0) is 8.27. The van der Waals surface area contributed by atoms with E-state index in [0.29, 0.717) is 0 Å². The topological polar surface area (TPSA) is 26.0 Å². The summed E-state index contributed by atoms with van der Waals surface area (Å²) in [6.07, 6.45) is 8.24. The molecule has 1 atom stereocenters. The minimum absolute atomic E-state index is 0.221. The fraction of sp³-hybridized carbons (Fsp3) is 0.400. The SMILES string of the molecule is C=CC1=C(/C=C\C)CCC1N. The van der Waals surface area contributed by atoms with E-state index in [1.54, 1.807) is 0 Å². The lowest BCUT2D eigenvalue weighted by molar-refractivity contribution is 0.760. The number of hydrogen-bond acceptors (Lipinski definition) is 1. The Hall–Kier alpha value is -0.820. The lowest BCUT2D eigenvalue weighted by Crippen LogP contribution is -2.17. The number of rotatable bonds is 2. The number of hydrogen-bond donors (Lipinski definition) is 1. The highest BCUT2D eigenvalue weighted by Gasteiger charge is 2.17. The summed E-state index contributed by atoms with van der Waals surface area (Å²) >= 11 is 0. The van der Waals surface area contributed by atoms with E-state index in [4.69, 9.17) is 5.73 Å². The maximum Gasteiger partial charge on any atom is 0.0300 e. The molecule has 0 bridgehead atoms. The molecule has 0 aromatic heterocycles. The van der Waals surface area contributed by atoms with E-state index in [1.165, 1.54) is 11.1 Å². The van der Waals surface area contributed by atoms with Gasteiger partial charge >= 0.3 is 0 Å². The predicted octanol–water partition coefficient (Wildman–Crippen LogP) is 2.17. The van der Waals surface area contributed by atoms with Crippen molar-refractivity contribution < 1.29 is 0 Å². The van der Waals surface area contributed by atoms with Crippen molar-refractivity contribution in [1.29, 1.82) is 0 Å². The van der Waals surface area contributed by atoms with Gasteiger partial charge in [0.25, 0.3) is 0 Å². The molecule has 0 radical (unpaired) electrons. The van der Waals surface area contributed by atoms with Crippen LogP contribution in [-0.4, -0.2) is 6.04 Å². The van der Waals surface area contributed by atoms with Crippen LogP contribution >= 0.6 is 0 Å². The van der Waals surface area contributed by atoms with Crippen LogP contribution in [0.15, 0.2) is 36.0 Å². The molecule has 0 saturated carbocycles. The van der Waals surface area contributed by atoms with Crippen LogP contribution in [-0.2, 0) is 0 Å². The van der Waals surface area contributed by atoms with E-state index in [9.17, 15) is 0 Å². The van der Waals surface area contributed by atoms with Gasteiger partial charge in [-0.25, -0.2) is 0 Å². The van der Waals surface area contributed by atoms with Gasteiger partial charge in [-0.05, 0) is 30.9 Å². The third-order valence-corrected chi connectivity index (χ3v) is 2.08. The molecule has 1 aliphatic carbocycles. The minimum atomic E-state index is 0.221. The molecule has 1 nitrogen and oxygen atoms in total. The van der Waals surface area contributed by atoms with Crippen LogP contribution in [0, 0.1) is 0 Å². The van der Waals surface area contributed by atoms with Crippen molar-refractivity contribution >= 4 is 0 Å². The molecule has 1 unspecified atom stereocenters. The van der Waals surface area contributed by atoms with Gasteiger partial charge in [-0.2, -0.15) is 0 Å². The number of nitrogens with two attached hydrogens (primary N) is 1. The second-order valence-electron chi connectivity index (χ2n) is 2.83. The van der Waals surface area contributed by atoms with Crippen molar-refractivity contribution in [2.45, 2.75) is 25.8 Å². The highest BCUT2D eigenvalue weighted by Crippen LogP contribution is 2.26. The fourth-order valence-corrected chi connectivity index (χ4v) is 1.51. The maximum atomic E-state index is 5.85. The Kier molecular flexibility index (Phi) is 2.66. The Morgan fingerprint density at radius 3 is 2.91 bits per heavy atom. The molecule has 1 aliphatic rings. The molecule has 0 aromatic rings. The third-order valence-electron chi connectivity index (χ3n) is 2.08. The van der Waals surface area contributed by atoms with Crippen LogP contribution in [0.2, 0.25) is 0 Å². The predicted molar refractivity (Wildman–Crippen MR) is 49.2 cm³/mol. The van der Waals surface area contributed by atoms with Gasteiger partial charge in [0.15, 0.2) is 0 Å². The smallest absolute Gasteiger partial charge is 0.0300 e. The first-order chi connectivity index (χ1) is 5.29. The van der Waals surface area contributed by atoms with Crippen molar-refractivity contribution in [3.63, 3.8) is 0 Å². The molecular formula is C10H15N. The fourth-order valence-electron chi connectivity index (χ4n) is 1.51. The van der Waals surface area contributed by atoms with Crippen molar-refractivity contribution in [1.82, 2.24) is 0 Å². The molecule has 1 rings (SSSR count). The minimum Gasteiger partial charge on any atom is -0.324 e. The van der Waals surface area contributed by atoms with E-state index < -0.39 is 0 Å². The van der Waals surface area contributed by atoms with Crippen LogP contribution in [0.25, 0.3) is 0 Å². The Bertz CT molecular complexity index is 211. The molecule has 2 N–H and O–H groups in total. The van der Waals surface area contributed by atoms with Crippen molar-refractivity contribution in [3.8, 4) is 0 Å². The van der Waals surface area contributed by atoms with E-state index >= 15 is 0 Å². The quantitative estimate of drug-likeness (QED) is 0.639. The maximum absolute atomic E-state index is 5.85. The molecule has 60 valence electrons. The summed E-state index contributed by atoms with van der Waals surface area (Å²) in [5, 5.41) is 0. The normalized spacial score (nSPS) is 25.1. The average Bonchev–Trinajstić information content (AvgIpc) is 2.33. The molecule has 0 heterocycles. The zero-order valence-electron chi connectivity index (χ0n) is 7.01. The summed E-state index contributed by atoms with van der Waals surface area (Å²) in [6.45, 7) is 5.78. The molecule has 0 aromatic carbocycles. The summed E-state index contributed by atoms with van der Waals surface area (Å²) in [7, 11) is 0. The first kappa shape index (κ1) is 8.28. The van der Waals surface area contributed by atoms with Crippen LogP contribution < -0.4 is 5.73 Å². The molecule has 0 saturated heterocycles. The van der Waals surface area contributed by atoms with Crippen molar-refractivity contribution in [2.24, 2.45) is 5.73 Å². The Balaban J connectivity index is 2.88. The largest absolute Gasteiger partial charge is 0.324 e. The average molecular weight is 149 g/mol. The van der Waals surface area contributed by atoms with Crippen LogP contribution in [0.1, 0.15) is 19.8 Å². The Labute approximate surface area is 68.3 Å². The molecule has 0 spiro atoms. The lowest BCUT2D eigenvalue weighted by Gasteiger charge is -2.02. The first-order valence-electron chi connectivity index (χ1n) is 4.03.